The van der Waals surface area contributed by atoms with Gasteiger partial charge < -0.3 is 38.5 Å². The first-order valence-corrected chi connectivity index (χ1v) is 12.9. The van der Waals surface area contributed by atoms with Gasteiger partial charge in [-0.3, -0.25) is 27.5 Å². The molecule has 1 saturated heterocycles. The number of ether oxygens (including phenoxy) is 1. The molecule has 0 aromatic carbocycles. The van der Waals surface area contributed by atoms with Crippen molar-refractivity contribution in [1.29, 1.82) is 0 Å². The van der Waals surface area contributed by atoms with Gasteiger partial charge in [0.05, 0.1) is 20.5 Å². The zero-order valence-electron chi connectivity index (χ0n) is 18.3. The Hall–Kier alpha value is 3.43. The molecule has 15 nitrogen and oxygen atoms in total. The minimum atomic E-state index is -6.02. The zero-order chi connectivity index (χ0) is 22.2. The molecule has 2 unspecified atom stereocenters. The van der Waals surface area contributed by atoms with Gasteiger partial charge >= 0.3 is 124 Å². The number of aryl methyl sites for hydroxylation is 1. The molecule has 2 heterocycles. The maximum absolute atomic E-state index is 11.9. The summed E-state index contributed by atoms with van der Waals surface area (Å²) in [6, 6.07) is 0. The average Bonchev–Trinajstić information content (AvgIpc) is 2.86. The van der Waals surface area contributed by atoms with Crippen LogP contribution in [0.4, 0.5) is 0 Å². The molecule has 0 radical (unpaired) electrons. The maximum atomic E-state index is 11.9. The molecule has 0 bridgehead atoms. The van der Waals surface area contributed by atoms with Crippen molar-refractivity contribution in [1.82, 2.24) is 9.55 Å². The predicted octanol–water partition coefficient (Wildman–Crippen LogP) is -15.6. The molecule has 0 saturated carbocycles. The van der Waals surface area contributed by atoms with Crippen molar-refractivity contribution in [3.8, 4) is 0 Å². The van der Waals surface area contributed by atoms with Gasteiger partial charge in [0.1, 0.15) is 19.1 Å². The van der Waals surface area contributed by atoms with Crippen LogP contribution < -0.4 is 149 Å². The van der Waals surface area contributed by atoms with Crippen LogP contribution in [0.1, 0.15) is 18.2 Å². The minimum Gasteiger partial charge on any atom is -0.790 e. The second kappa shape index (κ2) is 16.5. The monoisotopic (exact) mass is 586 g/mol. The summed E-state index contributed by atoms with van der Waals surface area (Å²) >= 11 is 4.26. The Balaban J connectivity index is -0.00000225. The number of hydrogen-bond acceptors (Lipinski definition) is 14. The Kier molecular flexibility index (Phi) is 20.5. The second-order valence-corrected chi connectivity index (χ2v) is 11.3. The van der Waals surface area contributed by atoms with E-state index in [9.17, 15) is 43.4 Å². The van der Waals surface area contributed by atoms with Crippen molar-refractivity contribution in [3.63, 3.8) is 0 Å². The van der Waals surface area contributed by atoms with Gasteiger partial charge in [0, 0.05) is 18.2 Å². The van der Waals surface area contributed by atoms with E-state index in [1.165, 1.54) is 13.1 Å². The molecule has 0 aliphatic carbocycles. The van der Waals surface area contributed by atoms with Crippen molar-refractivity contribution in [2.24, 2.45) is 0 Å². The Labute approximate surface area is 280 Å². The molecule has 1 aliphatic heterocycles. The van der Waals surface area contributed by atoms with E-state index in [0.29, 0.717) is 0 Å². The first-order valence-electron chi connectivity index (χ1n) is 7.45. The summed E-state index contributed by atoms with van der Waals surface area (Å²) in [6.07, 6.45) is -2.55. The molecule has 1 fully saturated rings. The molecule has 166 valence electrons. The fourth-order valence-electron chi connectivity index (χ4n) is 2.28. The zero-order valence-corrected chi connectivity index (χ0v) is 29.8. The number of aliphatic hydroxyl groups is 1. The van der Waals surface area contributed by atoms with E-state index in [0.717, 1.165) is 4.57 Å². The third-order valence-electron chi connectivity index (χ3n) is 3.46. The summed E-state index contributed by atoms with van der Waals surface area (Å²) in [5.74, 6) is 0. The van der Waals surface area contributed by atoms with Crippen LogP contribution >= 0.6 is 22.4 Å². The summed E-state index contributed by atoms with van der Waals surface area (Å²) in [4.78, 5) is 69.0. The summed E-state index contributed by atoms with van der Waals surface area (Å²) in [6.45, 7) is -4.28. The van der Waals surface area contributed by atoms with Gasteiger partial charge in [0.2, 0.25) is 0 Å². The van der Waals surface area contributed by atoms with Gasteiger partial charge in [-0.05, 0) is 6.92 Å². The Morgan fingerprint density at radius 3 is 2.24 bits per heavy atom. The Bertz CT molecular complexity index is 1030. The van der Waals surface area contributed by atoms with E-state index in [1.54, 1.807) is 0 Å². The molecular formula is C10H13N2Na4O13P3S. The normalized spacial score (nSPS) is 23.5. The van der Waals surface area contributed by atoms with Crippen molar-refractivity contribution in [3.05, 3.63) is 32.6 Å². The van der Waals surface area contributed by atoms with E-state index in [2.05, 4.69) is 25.0 Å². The molecule has 0 spiro atoms. The molecular weight excluding hydrogens is 573 g/mol. The summed E-state index contributed by atoms with van der Waals surface area (Å²) < 4.78 is 39.3. The number of nitrogens with one attached hydrogen (secondary N) is 1. The number of aromatic amines is 1. The topological polar surface area (TPSA) is 238 Å². The summed E-state index contributed by atoms with van der Waals surface area (Å²) in [5.41, 5.74) is -1.24. The molecule has 1 aliphatic rings. The van der Waals surface area contributed by atoms with Gasteiger partial charge in [0.25, 0.3) is 13.4 Å². The Morgan fingerprint density at radius 1 is 1.18 bits per heavy atom. The number of H-pyrrole nitrogens is 1. The van der Waals surface area contributed by atoms with Crippen molar-refractivity contribution < 1.29 is 170 Å². The van der Waals surface area contributed by atoms with Gasteiger partial charge in [-0.15, -0.1) is 0 Å². The fraction of sp³-hybridized carbons (Fsp3) is 0.600. The smallest absolute Gasteiger partial charge is 0.790 e. The number of phosphoric acid groups is 2. The van der Waals surface area contributed by atoms with E-state index < -0.39 is 58.7 Å². The summed E-state index contributed by atoms with van der Waals surface area (Å²) in [7, 11) is -11.9. The van der Waals surface area contributed by atoms with E-state index in [4.69, 9.17) is 4.74 Å². The van der Waals surface area contributed by atoms with Crippen LogP contribution in [0, 0.1) is 6.92 Å². The second-order valence-electron chi connectivity index (χ2n) is 5.71. The fourth-order valence-corrected chi connectivity index (χ4v) is 6.07. The molecule has 5 atom stereocenters. The molecule has 2 rings (SSSR count). The van der Waals surface area contributed by atoms with Crippen LogP contribution in [-0.2, 0) is 38.8 Å². The average molecular weight is 586 g/mol. The van der Waals surface area contributed by atoms with Crippen LogP contribution in [0.3, 0.4) is 0 Å². The third kappa shape index (κ3) is 13.9. The quantitative estimate of drug-likeness (QED) is 0.213. The summed E-state index contributed by atoms with van der Waals surface area (Å²) in [5, 5.41) is 10.0. The molecule has 1 aromatic rings. The first kappa shape index (κ1) is 40.9. The van der Waals surface area contributed by atoms with Crippen LogP contribution in [0.25, 0.3) is 0 Å². The maximum Gasteiger partial charge on any atom is 1.00 e. The SMILES string of the molecule is Cc1cn([C@H]2C[C@H](O)[C@@H](COP([O-])(=S)OP(=O)([O-])OP(=O)([O-])[O-])O2)c(=O)[nH]c1=O.[Na+].[Na+].[Na+].[Na+]. The number of aliphatic hydroxyl groups excluding tert-OH is 1. The first-order chi connectivity index (χ1) is 13.1. The minimum absolute atomic E-state index is 0. The molecule has 1 aromatic heterocycles. The van der Waals surface area contributed by atoms with E-state index >= 15 is 0 Å². The van der Waals surface area contributed by atoms with Gasteiger partial charge in [-0.1, -0.05) is 11.8 Å². The van der Waals surface area contributed by atoms with Crippen LogP contribution in [0.2, 0.25) is 0 Å². The van der Waals surface area contributed by atoms with Crippen LogP contribution in [-0.4, -0.2) is 33.5 Å². The van der Waals surface area contributed by atoms with E-state index in [1.807, 2.05) is 4.98 Å². The molecule has 23 heteroatoms. The van der Waals surface area contributed by atoms with Crippen molar-refractivity contribution in [2.45, 2.75) is 31.8 Å². The molecule has 2 N–H and O–H groups in total. The van der Waals surface area contributed by atoms with Crippen LogP contribution in [0.15, 0.2) is 15.8 Å². The number of aromatic nitrogens is 2. The predicted molar refractivity (Wildman–Crippen MR) is 88.2 cm³/mol. The number of hydrogen-bond donors (Lipinski definition) is 2. The third-order valence-corrected chi connectivity index (χ3v) is 8.04. The molecule has 33 heavy (non-hydrogen) atoms. The Morgan fingerprint density at radius 2 is 1.73 bits per heavy atom. The molecule has 0 amide bonds. The van der Waals surface area contributed by atoms with Gasteiger partial charge in [-0.2, -0.15) is 0 Å². The van der Waals surface area contributed by atoms with E-state index in [-0.39, 0.29) is 130 Å². The standard InChI is InChI=1S/C10H17N2O13P3S.4Na/c1-5-3-12(10(15)11-9(5)14)8-2-6(13)7(23-8)4-22-28(21,29)25-27(19,20)24-26(16,17)18;;;;/h3,6-8,13H,2,4H2,1H3,(H,19,20)(H,21,29)(H,11,14,15)(H2,16,17,18);;;;/q;4*+1/p-4/t6-,7+,8+,28?;;;;/m0..../s1. The van der Waals surface area contributed by atoms with Gasteiger partial charge in [0.15, 0.2) is 0 Å². The van der Waals surface area contributed by atoms with Crippen molar-refractivity contribution in [2.75, 3.05) is 6.61 Å². The number of nitrogens with zero attached hydrogens (tertiary/aromatic N) is 1. The largest absolute Gasteiger partial charge is 1.00 e. The van der Waals surface area contributed by atoms with Crippen molar-refractivity contribution >= 4 is 34.2 Å². The van der Waals surface area contributed by atoms with Gasteiger partial charge in [-0.25, -0.2) is 4.79 Å². The number of rotatable bonds is 8. The van der Waals surface area contributed by atoms with Crippen LogP contribution in [0.5, 0.6) is 0 Å².